The molecule has 0 aliphatic rings. The number of hydrogen-bond donors (Lipinski definition) is 0. The minimum absolute atomic E-state index is 0.478. The maximum absolute atomic E-state index is 4.65. The van der Waals surface area contributed by atoms with Gasteiger partial charge in [-0.3, -0.25) is 4.99 Å². The van der Waals surface area contributed by atoms with Crippen molar-refractivity contribution in [1.82, 2.24) is 15.0 Å². The van der Waals surface area contributed by atoms with Gasteiger partial charge in [-0.2, -0.15) is 0 Å². The highest BCUT2D eigenvalue weighted by molar-refractivity contribution is 8.13. The lowest BCUT2D eigenvalue weighted by molar-refractivity contribution is 0.630. The van der Waals surface area contributed by atoms with Crippen LogP contribution in [0.1, 0.15) is 5.56 Å². The maximum atomic E-state index is 4.65. The molecule has 3 rings (SSSR count). The van der Waals surface area contributed by atoms with Crippen molar-refractivity contribution in [2.24, 2.45) is 4.99 Å². The van der Waals surface area contributed by atoms with Gasteiger partial charge in [0, 0.05) is 5.56 Å². The zero-order valence-electron chi connectivity index (χ0n) is 11.1. The van der Waals surface area contributed by atoms with E-state index in [9.17, 15) is 0 Å². The fourth-order valence-corrected chi connectivity index (χ4v) is 2.57. The number of benzene rings is 2. The molecule has 1 aromatic heterocycles. The molecule has 0 saturated carbocycles. The van der Waals surface area contributed by atoms with Crippen LogP contribution < -0.4 is 0 Å². The molecule has 0 fully saturated rings. The van der Waals surface area contributed by atoms with E-state index in [1.807, 2.05) is 53.4 Å². The van der Waals surface area contributed by atoms with Crippen molar-refractivity contribution >= 4 is 27.8 Å². The molecule has 0 bridgehead atoms. The van der Waals surface area contributed by atoms with Crippen molar-refractivity contribution in [1.29, 1.82) is 0 Å². The number of rotatable bonds is 3. The SMILES string of the molecule is CS/C(=N\Cn1nnc2ccccc21)c1ccccc1. The summed E-state index contributed by atoms with van der Waals surface area (Å²) < 4.78 is 1.81. The highest BCUT2D eigenvalue weighted by Crippen LogP contribution is 2.13. The lowest BCUT2D eigenvalue weighted by Crippen LogP contribution is -2.02. The smallest absolute Gasteiger partial charge is 0.135 e. The van der Waals surface area contributed by atoms with Gasteiger partial charge in [-0.1, -0.05) is 47.7 Å². The highest BCUT2D eigenvalue weighted by Gasteiger charge is 2.04. The normalized spacial score (nSPS) is 11.9. The number of para-hydroxylation sites is 1. The number of aromatic nitrogens is 3. The van der Waals surface area contributed by atoms with Crippen molar-refractivity contribution in [2.45, 2.75) is 6.67 Å². The quantitative estimate of drug-likeness (QED) is 0.547. The molecular formula is C15H14N4S. The predicted molar refractivity (Wildman–Crippen MR) is 84.0 cm³/mol. The Kier molecular flexibility index (Phi) is 3.78. The molecule has 0 unspecified atom stereocenters. The van der Waals surface area contributed by atoms with E-state index in [4.69, 9.17) is 0 Å². The molecule has 0 atom stereocenters. The zero-order valence-corrected chi connectivity index (χ0v) is 11.9. The average molecular weight is 282 g/mol. The summed E-state index contributed by atoms with van der Waals surface area (Å²) in [7, 11) is 0. The van der Waals surface area contributed by atoms with Gasteiger partial charge in [0.05, 0.1) is 10.6 Å². The first-order valence-electron chi connectivity index (χ1n) is 6.30. The Morgan fingerprint density at radius 3 is 2.65 bits per heavy atom. The third-order valence-electron chi connectivity index (χ3n) is 2.98. The summed E-state index contributed by atoms with van der Waals surface area (Å²) in [5, 5.41) is 9.28. The van der Waals surface area contributed by atoms with Crippen molar-refractivity contribution in [3.05, 3.63) is 60.2 Å². The van der Waals surface area contributed by atoms with Crippen LogP contribution in [0.5, 0.6) is 0 Å². The van der Waals surface area contributed by atoms with E-state index in [1.54, 1.807) is 11.8 Å². The van der Waals surface area contributed by atoms with Crippen LogP contribution in [0.3, 0.4) is 0 Å². The molecular weight excluding hydrogens is 268 g/mol. The minimum Gasteiger partial charge on any atom is -0.254 e. The minimum atomic E-state index is 0.478. The van der Waals surface area contributed by atoms with Gasteiger partial charge >= 0.3 is 0 Å². The van der Waals surface area contributed by atoms with Crippen LogP contribution in [0, 0.1) is 0 Å². The second-order valence-corrected chi connectivity index (χ2v) is 5.05. The van der Waals surface area contributed by atoms with Gasteiger partial charge in [0.25, 0.3) is 0 Å². The molecule has 0 N–H and O–H groups in total. The molecule has 0 radical (unpaired) electrons. The van der Waals surface area contributed by atoms with E-state index >= 15 is 0 Å². The first kappa shape index (κ1) is 12.9. The Hall–Kier alpha value is -2.14. The van der Waals surface area contributed by atoms with Gasteiger partial charge in [0.15, 0.2) is 0 Å². The van der Waals surface area contributed by atoms with Crippen molar-refractivity contribution in [2.75, 3.05) is 6.26 Å². The van der Waals surface area contributed by atoms with E-state index < -0.39 is 0 Å². The second-order valence-electron chi connectivity index (χ2n) is 4.25. The molecule has 1 heterocycles. The van der Waals surface area contributed by atoms with E-state index in [-0.39, 0.29) is 0 Å². The largest absolute Gasteiger partial charge is 0.254 e. The second kappa shape index (κ2) is 5.88. The molecule has 2 aromatic carbocycles. The van der Waals surface area contributed by atoms with Crippen molar-refractivity contribution < 1.29 is 0 Å². The Balaban J connectivity index is 1.89. The van der Waals surface area contributed by atoms with Crippen LogP contribution in [-0.4, -0.2) is 26.3 Å². The first-order valence-corrected chi connectivity index (χ1v) is 7.53. The summed E-state index contributed by atoms with van der Waals surface area (Å²) in [6.45, 7) is 0.478. The van der Waals surface area contributed by atoms with Gasteiger partial charge in [-0.25, -0.2) is 4.68 Å². The molecule has 3 aromatic rings. The Bertz CT molecular complexity index is 734. The van der Waals surface area contributed by atoms with Gasteiger partial charge in [-0.15, -0.1) is 16.9 Å². The number of aliphatic imine (C=N–C) groups is 1. The van der Waals surface area contributed by atoms with Gasteiger partial charge in [0.2, 0.25) is 0 Å². The third kappa shape index (κ3) is 2.58. The monoisotopic (exact) mass is 282 g/mol. The number of fused-ring (bicyclic) bond motifs is 1. The number of thioether (sulfide) groups is 1. The van der Waals surface area contributed by atoms with E-state index in [1.165, 1.54) is 0 Å². The molecule has 20 heavy (non-hydrogen) atoms. The van der Waals surface area contributed by atoms with E-state index in [0.29, 0.717) is 6.67 Å². The lowest BCUT2D eigenvalue weighted by atomic mass is 10.2. The summed E-state index contributed by atoms with van der Waals surface area (Å²) in [5.74, 6) is 0. The third-order valence-corrected chi connectivity index (χ3v) is 3.73. The summed E-state index contributed by atoms with van der Waals surface area (Å²) >= 11 is 1.64. The number of hydrogen-bond acceptors (Lipinski definition) is 4. The van der Waals surface area contributed by atoms with Gasteiger partial charge in [0.1, 0.15) is 12.2 Å². The first-order chi connectivity index (χ1) is 9.88. The molecule has 4 nitrogen and oxygen atoms in total. The Morgan fingerprint density at radius 1 is 1.10 bits per heavy atom. The van der Waals surface area contributed by atoms with E-state index in [2.05, 4.69) is 27.4 Å². The zero-order chi connectivity index (χ0) is 13.8. The fourth-order valence-electron chi connectivity index (χ4n) is 2.01. The molecule has 0 aliphatic carbocycles. The Labute approximate surface area is 121 Å². The molecule has 0 amide bonds. The topological polar surface area (TPSA) is 43.1 Å². The molecule has 0 saturated heterocycles. The van der Waals surface area contributed by atoms with Crippen LogP contribution in [0.25, 0.3) is 11.0 Å². The van der Waals surface area contributed by atoms with Crippen LogP contribution in [0.15, 0.2) is 59.6 Å². The fraction of sp³-hybridized carbons (Fsp3) is 0.133. The molecule has 0 aliphatic heterocycles. The van der Waals surface area contributed by atoms with Crippen molar-refractivity contribution in [3.8, 4) is 0 Å². The summed E-state index contributed by atoms with van der Waals surface area (Å²) in [6.07, 6.45) is 2.03. The van der Waals surface area contributed by atoms with Crippen molar-refractivity contribution in [3.63, 3.8) is 0 Å². The van der Waals surface area contributed by atoms with Crippen LogP contribution in [0.2, 0.25) is 0 Å². The molecule has 0 spiro atoms. The molecule has 100 valence electrons. The highest BCUT2D eigenvalue weighted by atomic mass is 32.2. The summed E-state index contributed by atoms with van der Waals surface area (Å²) in [4.78, 5) is 4.65. The van der Waals surface area contributed by atoms with E-state index in [0.717, 1.165) is 21.6 Å². The van der Waals surface area contributed by atoms with Gasteiger partial charge < -0.3 is 0 Å². The van der Waals surface area contributed by atoms with Crippen LogP contribution in [0.4, 0.5) is 0 Å². The summed E-state index contributed by atoms with van der Waals surface area (Å²) in [5.41, 5.74) is 3.03. The maximum Gasteiger partial charge on any atom is 0.135 e. The van der Waals surface area contributed by atoms with Crippen LogP contribution in [-0.2, 0) is 6.67 Å². The predicted octanol–water partition coefficient (Wildman–Crippen LogP) is 3.20. The standard InChI is InChI=1S/C15H14N4S/c1-20-15(12-7-3-2-4-8-12)16-11-19-14-10-6-5-9-13(14)17-18-19/h2-10H,11H2,1H3/b16-15-. The average Bonchev–Trinajstić information content (AvgIpc) is 2.92. The lowest BCUT2D eigenvalue weighted by Gasteiger charge is -2.04. The van der Waals surface area contributed by atoms with Crippen LogP contribution >= 0.6 is 11.8 Å². The summed E-state index contributed by atoms with van der Waals surface area (Å²) in [6, 6.07) is 18.1. The van der Waals surface area contributed by atoms with Gasteiger partial charge in [-0.05, 0) is 18.4 Å². The number of nitrogens with zero attached hydrogens (tertiary/aromatic N) is 4. The molecule has 5 heteroatoms. The Morgan fingerprint density at radius 2 is 1.85 bits per heavy atom.